The monoisotopic (exact) mass is 123 g/mol. The maximum absolute atomic E-state index is 8.68. The number of hydrogen-bond acceptors (Lipinski definition) is 2. The molecule has 0 unspecified atom stereocenters. The molecule has 0 aromatic carbocycles. The first-order valence-electron chi connectivity index (χ1n) is 2.18. The maximum Gasteiger partial charge on any atom is 0.0823 e. The average Bonchev–Trinajstić information content (AvgIpc) is 1.65. The highest BCUT2D eigenvalue weighted by atomic mass is 35.5. The third-order valence-electron chi connectivity index (χ3n) is 0.765. The van der Waals surface area contributed by atoms with Crippen LogP contribution in [0.25, 0.3) is 0 Å². The van der Waals surface area contributed by atoms with Crippen LogP contribution in [0.2, 0.25) is 0 Å². The molecule has 2 nitrogen and oxygen atoms in total. The highest BCUT2D eigenvalue weighted by Gasteiger charge is 2.05. The molecule has 0 aromatic heterocycles. The van der Waals surface area contributed by atoms with Crippen molar-refractivity contribution >= 4 is 11.6 Å². The van der Waals surface area contributed by atoms with Crippen molar-refractivity contribution < 1.29 is 5.11 Å². The molecule has 0 amide bonds. The van der Waals surface area contributed by atoms with Gasteiger partial charge in [0, 0.05) is 11.9 Å². The zero-order valence-corrected chi connectivity index (χ0v) is 5.02. The topological polar surface area (TPSA) is 46.2 Å². The zero-order valence-electron chi connectivity index (χ0n) is 4.26. The van der Waals surface area contributed by atoms with Crippen LogP contribution < -0.4 is 5.73 Å². The van der Waals surface area contributed by atoms with Gasteiger partial charge in [-0.3, -0.25) is 0 Å². The Morgan fingerprint density at radius 3 is 2.29 bits per heavy atom. The number of hydrogen-bond donors (Lipinski definition) is 2. The van der Waals surface area contributed by atoms with E-state index in [4.69, 9.17) is 22.4 Å². The van der Waals surface area contributed by atoms with Crippen LogP contribution in [0.15, 0.2) is 0 Å². The van der Waals surface area contributed by atoms with Crippen LogP contribution in [-0.4, -0.2) is 23.1 Å². The average molecular weight is 124 g/mol. The predicted molar refractivity (Wildman–Crippen MR) is 30.4 cm³/mol. The molecular formula is C4H10ClNO. The van der Waals surface area contributed by atoms with Gasteiger partial charge in [-0.25, -0.2) is 0 Å². The second-order valence-electron chi connectivity index (χ2n) is 1.58. The van der Waals surface area contributed by atoms with Gasteiger partial charge in [0.15, 0.2) is 0 Å². The van der Waals surface area contributed by atoms with Crippen molar-refractivity contribution in [3.63, 3.8) is 0 Å². The van der Waals surface area contributed by atoms with Gasteiger partial charge in [-0.15, -0.1) is 11.6 Å². The second kappa shape index (κ2) is 3.24. The molecule has 0 rings (SSSR count). The Labute approximate surface area is 48.3 Å². The lowest BCUT2D eigenvalue weighted by Crippen LogP contribution is -2.32. The van der Waals surface area contributed by atoms with Gasteiger partial charge in [0.1, 0.15) is 0 Å². The lowest BCUT2D eigenvalue weighted by atomic mass is 10.2. The van der Waals surface area contributed by atoms with E-state index in [1.807, 2.05) is 0 Å². The fourth-order valence-electron chi connectivity index (χ4n) is 0.141. The maximum atomic E-state index is 8.68. The van der Waals surface area contributed by atoms with Crippen molar-refractivity contribution in [1.29, 1.82) is 0 Å². The van der Waals surface area contributed by atoms with E-state index in [-0.39, 0.29) is 11.9 Å². The third kappa shape index (κ3) is 2.85. The number of alkyl halides is 1. The molecule has 0 heterocycles. The van der Waals surface area contributed by atoms with Gasteiger partial charge in [0.2, 0.25) is 0 Å². The van der Waals surface area contributed by atoms with Crippen LogP contribution in [0.4, 0.5) is 0 Å². The Morgan fingerprint density at radius 1 is 1.86 bits per heavy atom. The first-order valence-corrected chi connectivity index (χ1v) is 2.71. The van der Waals surface area contributed by atoms with E-state index in [9.17, 15) is 0 Å². The van der Waals surface area contributed by atoms with Crippen LogP contribution in [0.5, 0.6) is 0 Å². The van der Waals surface area contributed by atoms with Crippen molar-refractivity contribution in [1.82, 2.24) is 0 Å². The Balaban J connectivity index is 3.14. The summed E-state index contributed by atoms with van der Waals surface area (Å²) in [6, 6.07) is -0.211. The Morgan fingerprint density at radius 2 is 2.29 bits per heavy atom. The van der Waals surface area contributed by atoms with Crippen LogP contribution >= 0.6 is 11.6 Å². The molecule has 0 radical (unpaired) electrons. The molecule has 0 aliphatic heterocycles. The van der Waals surface area contributed by atoms with Crippen molar-refractivity contribution in [2.24, 2.45) is 5.73 Å². The highest BCUT2D eigenvalue weighted by Crippen LogP contribution is 1.89. The first kappa shape index (κ1) is 7.21. The quantitative estimate of drug-likeness (QED) is 0.505. The summed E-state index contributed by atoms with van der Waals surface area (Å²) in [5.74, 6) is 0.220. The Kier molecular flexibility index (Phi) is 3.34. The summed E-state index contributed by atoms with van der Waals surface area (Å²) in [6.07, 6.45) is -0.554. The predicted octanol–water partition coefficient (Wildman–Crippen LogP) is -0.0667. The molecule has 0 bridgehead atoms. The van der Waals surface area contributed by atoms with Gasteiger partial charge in [0.25, 0.3) is 0 Å². The van der Waals surface area contributed by atoms with Crippen LogP contribution in [-0.2, 0) is 0 Å². The minimum Gasteiger partial charge on any atom is -0.390 e. The minimum absolute atomic E-state index is 0.211. The fraction of sp³-hybridized carbons (Fsp3) is 1.00. The fourth-order valence-corrected chi connectivity index (χ4v) is 0.422. The van der Waals surface area contributed by atoms with E-state index in [2.05, 4.69) is 0 Å². The summed E-state index contributed by atoms with van der Waals surface area (Å²) in [4.78, 5) is 0. The number of aliphatic hydroxyl groups excluding tert-OH is 1. The Bertz CT molecular complexity index is 49.0. The van der Waals surface area contributed by atoms with Gasteiger partial charge in [-0.1, -0.05) is 0 Å². The van der Waals surface area contributed by atoms with E-state index < -0.39 is 6.10 Å². The summed E-state index contributed by atoms with van der Waals surface area (Å²) in [7, 11) is 0. The molecular weight excluding hydrogens is 114 g/mol. The lowest BCUT2D eigenvalue weighted by molar-refractivity contribution is 0.174. The normalized spacial score (nSPS) is 18.9. The molecule has 0 saturated heterocycles. The molecule has 0 aliphatic rings. The molecule has 2 atom stereocenters. The highest BCUT2D eigenvalue weighted by molar-refractivity contribution is 6.18. The van der Waals surface area contributed by atoms with Gasteiger partial charge < -0.3 is 10.8 Å². The Hall–Kier alpha value is 0.210. The molecule has 0 saturated carbocycles. The van der Waals surface area contributed by atoms with E-state index >= 15 is 0 Å². The summed E-state index contributed by atoms with van der Waals surface area (Å²) in [5.41, 5.74) is 5.21. The third-order valence-corrected chi connectivity index (χ3v) is 1.08. The van der Waals surface area contributed by atoms with Crippen molar-refractivity contribution in [3.8, 4) is 0 Å². The zero-order chi connectivity index (χ0) is 5.86. The molecule has 0 aromatic rings. The second-order valence-corrected chi connectivity index (χ2v) is 1.89. The lowest BCUT2D eigenvalue weighted by Gasteiger charge is -2.08. The largest absolute Gasteiger partial charge is 0.390 e. The summed E-state index contributed by atoms with van der Waals surface area (Å²) >= 11 is 5.22. The van der Waals surface area contributed by atoms with Crippen molar-refractivity contribution in [3.05, 3.63) is 0 Å². The minimum atomic E-state index is -0.554. The SMILES string of the molecule is C[C@H](N)[C@@H](O)CCl. The standard InChI is InChI=1S/C4H10ClNO/c1-3(6)4(7)2-5/h3-4,7H,2,6H2,1H3/t3-,4-/m0/s1. The molecule has 0 spiro atoms. The van der Waals surface area contributed by atoms with Crippen molar-refractivity contribution in [2.75, 3.05) is 5.88 Å². The molecule has 44 valence electrons. The van der Waals surface area contributed by atoms with Gasteiger partial charge in [0.05, 0.1) is 6.10 Å². The summed E-state index contributed by atoms with van der Waals surface area (Å²) in [6.45, 7) is 1.72. The summed E-state index contributed by atoms with van der Waals surface area (Å²) in [5, 5.41) is 8.68. The van der Waals surface area contributed by atoms with Gasteiger partial charge in [-0.05, 0) is 6.92 Å². The first-order chi connectivity index (χ1) is 3.18. The molecule has 0 aliphatic carbocycles. The number of rotatable bonds is 2. The molecule has 0 fully saturated rings. The number of nitrogens with two attached hydrogens (primary N) is 1. The smallest absolute Gasteiger partial charge is 0.0823 e. The van der Waals surface area contributed by atoms with E-state index in [1.165, 1.54) is 0 Å². The van der Waals surface area contributed by atoms with Crippen LogP contribution in [0, 0.1) is 0 Å². The van der Waals surface area contributed by atoms with Gasteiger partial charge in [-0.2, -0.15) is 0 Å². The van der Waals surface area contributed by atoms with Crippen LogP contribution in [0.3, 0.4) is 0 Å². The van der Waals surface area contributed by atoms with E-state index in [0.717, 1.165) is 0 Å². The van der Waals surface area contributed by atoms with E-state index in [0.29, 0.717) is 0 Å². The van der Waals surface area contributed by atoms with Crippen molar-refractivity contribution in [2.45, 2.75) is 19.1 Å². The van der Waals surface area contributed by atoms with Gasteiger partial charge >= 0.3 is 0 Å². The summed E-state index contributed by atoms with van der Waals surface area (Å²) < 4.78 is 0. The number of aliphatic hydroxyl groups is 1. The molecule has 7 heavy (non-hydrogen) atoms. The van der Waals surface area contributed by atoms with E-state index in [1.54, 1.807) is 6.92 Å². The molecule has 3 heteroatoms. The number of halogens is 1. The molecule has 3 N–H and O–H groups in total. The van der Waals surface area contributed by atoms with Crippen LogP contribution in [0.1, 0.15) is 6.92 Å².